The molecule has 0 saturated heterocycles. The Labute approximate surface area is 158 Å². The first kappa shape index (κ1) is 20.5. The van der Waals surface area contributed by atoms with E-state index in [1.54, 1.807) is 64.6 Å². The van der Waals surface area contributed by atoms with Crippen LogP contribution in [0.5, 0.6) is 11.5 Å². The highest BCUT2D eigenvalue weighted by Crippen LogP contribution is 2.30. The Morgan fingerprint density at radius 3 is 2.56 bits per heavy atom. The fraction of sp³-hybridized carbons (Fsp3) is 0.350. The molecule has 0 aromatic heterocycles. The largest absolute Gasteiger partial charge is 0.493 e. The number of benzene rings is 2. The van der Waals surface area contributed by atoms with Crippen molar-refractivity contribution < 1.29 is 23.4 Å². The molecule has 2 aromatic rings. The number of nitrogens with one attached hydrogen (secondary N) is 1. The summed E-state index contributed by atoms with van der Waals surface area (Å²) in [4.78, 5) is 14.0. The monoisotopic (exact) mass is 376 g/mol. The van der Waals surface area contributed by atoms with E-state index in [2.05, 4.69) is 5.32 Å². The molecule has 0 fully saturated rings. The SMILES string of the molecule is COCCOc1cc(NC(=O)N(C)[C@H](C)c2ccccc2F)ccc1OC. The third-order valence-corrected chi connectivity index (χ3v) is 4.22. The first-order valence-electron chi connectivity index (χ1n) is 8.56. The molecule has 0 aliphatic rings. The van der Waals surface area contributed by atoms with E-state index in [4.69, 9.17) is 14.2 Å². The van der Waals surface area contributed by atoms with Gasteiger partial charge in [0.25, 0.3) is 0 Å². The fourth-order valence-electron chi connectivity index (χ4n) is 2.51. The standard InChI is InChI=1S/C20H25FN2O4/c1-14(16-7-5-6-8-17(16)21)23(2)20(24)22-15-9-10-18(26-4)19(13-15)27-12-11-25-3/h5-10,13-14H,11-12H2,1-4H3,(H,22,24)/t14-/m1/s1. The van der Waals surface area contributed by atoms with Gasteiger partial charge in [0.1, 0.15) is 12.4 Å². The summed E-state index contributed by atoms with van der Waals surface area (Å²) in [7, 11) is 4.75. The second-order valence-corrected chi connectivity index (χ2v) is 5.95. The Hall–Kier alpha value is -2.80. The second kappa shape index (κ2) is 9.78. The average molecular weight is 376 g/mol. The van der Waals surface area contributed by atoms with Gasteiger partial charge in [-0.15, -0.1) is 0 Å². The van der Waals surface area contributed by atoms with Gasteiger partial charge in [-0.1, -0.05) is 18.2 Å². The Balaban J connectivity index is 2.10. The minimum absolute atomic E-state index is 0.345. The van der Waals surface area contributed by atoms with Crippen LogP contribution in [-0.4, -0.2) is 45.4 Å². The van der Waals surface area contributed by atoms with Gasteiger partial charge in [0.15, 0.2) is 11.5 Å². The second-order valence-electron chi connectivity index (χ2n) is 5.95. The van der Waals surface area contributed by atoms with Crippen molar-refractivity contribution in [2.45, 2.75) is 13.0 Å². The molecule has 1 atom stereocenters. The van der Waals surface area contributed by atoms with E-state index in [-0.39, 0.29) is 11.8 Å². The third-order valence-electron chi connectivity index (χ3n) is 4.22. The van der Waals surface area contributed by atoms with Gasteiger partial charge in [-0.05, 0) is 25.1 Å². The number of methoxy groups -OCH3 is 2. The lowest BCUT2D eigenvalue weighted by Crippen LogP contribution is -2.34. The lowest BCUT2D eigenvalue weighted by atomic mass is 10.1. The summed E-state index contributed by atoms with van der Waals surface area (Å²) < 4.78 is 29.8. The third kappa shape index (κ3) is 5.34. The van der Waals surface area contributed by atoms with Crippen LogP contribution in [-0.2, 0) is 4.74 Å². The maximum atomic E-state index is 14.0. The summed E-state index contributed by atoms with van der Waals surface area (Å²) in [6.45, 7) is 2.56. The molecule has 0 heterocycles. The Bertz CT molecular complexity index is 769. The number of urea groups is 1. The quantitative estimate of drug-likeness (QED) is 0.705. The van der Waals surface area contributed by atoms with Crippen LogP contribution in [0.1, 0.15) is 18.5 Å². The van der Waals surface area contributed by atoms with Crippen molar-refractivity contribution in [1.82, 2.24) is 4.90 Å². The molecule has 0 bridgehead atoms. The fourth-order valence-corrected chi connectivity index (χ4v) is 2.51. The van der Waals surface area contributed by atoms with Gasteiger partial charge in [-0.2, -0.15) is 0 Å². The summed E-state index contributed by atoms with van der Waals surface area (Å²) in [6.07, 6.45) is 0. The summed E-state index contributed by atoms with van der Waals surface area (Å²) in [5.41, 5.74) is 0.995. The van der Waals surface area contributed by atoms with Crippen molar-refractivity contribution in [1.29, 1.82) is 0 Å². The van der Waals surface area contributed by atoms with E-state index >= 15 is 0 Å². The topological polar surface area (TPSA) is 60.0 Å². The van der Waals surface area contributed by atoms with Crippen LogP contribution in [0.25, 0.3) is 0 Å². The highest BCUT2D eigenvalue weighted by Gasteiger charge is 2.20. The van der Waals surface area contributed by atoms with Gasteiger partial charge in [0, 0.05) is 31.5 Å². The molecule has 2 rings (SSSR count). The summed E-state index contributed by atoms with van der Waals surface area (Å²) >= 11 is 0. The van der Waals surface area contributed by atoms with Crippen molar-refractivity contribution >= 4 is 11.7 Å². The summed E-state index contributed by atoms with van der Waals surface area (Å²) in [5.74, 6) is 0.706. The van der Waals surface area contributed by atoms with Crippen molar-refractivity contribution in [3.8, 4) is 11.5 Å². The number of hydrogen-bond acceptors (Lipinski definition) is 4. The maximum Gasteiger partial charge on any atom is 0.322 e. The van der Waals surface area contributed by atoms with E-state index in [0.29, 0.717) is 36.0 Å². The highest BCUT2D eigenvalue weighted by molar-refractivity contribution is 5.89. The van der Waals surface area contributed by atoms with Crippen LogP contribution in [0, 0.1) is 5.82 Å². The van der Waals surface area contributed by atoms with Crippen molar-refractivity contribution in [3.63, 3.8) is 0 Å². The molecule has 0 unspecified atom stereocenters. The van der Waals surface area contributed by atoms with Gasteiger partial charge in [-0.25, -0.2) is 9.18 Å². The van der Waals surface area contributed by atoms with Gasteiger partial charge in [0.05, 0.1) is 19.8 Å². The normalized spacial score (nSPS) is 11.6. The molecule has 0 aliphatic carbocycles. The lowest BCUT2D eigenvalue weighted by Gasteiger charge is -2.26. The maximum absolute atomic E-state index is 14.0. The van der Waals surface area contributed by atoms with E-state index in [1.807, 2.05) is 0 Å². The van der Waals surface area contributed by atoms with Crippen LogP contribution in [0.3, 0.4) is 0 Å². The smallest absolute Gasteiger partial charge is 0.322 e. The van der Waals surface area contributed by atoms with Gasteiger partial charge in [0.2, 0.25) is 0 Å². The number of rotatable bonds is 8. The van der Waals surface area contributed by atoms with Crippen LogP contribution < -0.4 is 14.8 Å². The van der Waals surface area contributed by atoms with Gasteiger partial charge in [-0.3, -0.25) is 0 Å². The van der Waals surface area contributed by atoms with E-state index < -0.39 is 6.04 Å². The molecule has 27 heavy (non-hydrogen) atoms. The number of anilines is 1. The number of carbonyl (C=O) groups is 1. The number of nitrogens with zero attached hydrogens (tertiary/aromatic N) is 1. The van der Waals surface area contributed by atoms with E-state index in [1.165, 1.54) is 11.0 Å². The molecule has 2 amide bonds. The predicted octanol–water partition coefficient (Wildman–Crippen LogP) is 4.08. The molecule has 2 aromatic carbocycles. The molecular weight excluding hydrogens is 351 g/mol. The molecule has 1 N–H and O–H groups in total. The Morgan fingerprint density at radius 2 is 1.89 bits per heavy atom. The van der Waals surface area contributed by atoms with Crippen LogP contribution >= 0.6 is 0 Å². The highest BCUT2D eigenvalue weighted by atomic mass is 19.1. The summed E-state index contributed by atoms with van der Waals surface area (Å²) in [5, 5.41) is 2.79. The Kier molecular flexibility index (Phi) is 7.43. The molecule has 6 nitrogen and oxygen atoms in total. The number of hydrogen-bond donors (Lipinski definition) is 1. The predicted molar refractivity (Wildman–Crippen MR) is 102 cm³/mol. The number of ether oxygens (including phenoxy) is 3. The number of amides is 2. The molecule has 0 spiro atoms. The molecule has 0 radical (unpaired) electrons. The van der Waals surface area contributed by atoms with Crippen molar-refractivity contribution in [2.75, 3.05) is 39.8 Å². The lowest BCUT2D eigenvalue weighted by molar-refractivity contribution is 0.144. The van der Waals surface area contributed by atoms with Crippen molar-refractivity contribution in [3.05, 3.63) is 53.8 Å². The van der Waals surface area contributed by atoms with Crippen LogP contribution in [0.4, 0.5) is 14.9 Å². The molecule has 146 valence electrons. The van der Waals surface area contributed by atoms with Gasteiger partial charge >= 0.3 is 6.03 Å². The zero-order valence-corrected chi connectivity index (χ0v) is 16.0. The van der Waals surface area contributed by atoms with Crippen LogP contribution in [0.2, 0.25) is 0 Å². The first-order chi connectivity index (χ1) is 13.0. The molecule has 0 saturated carbocycles. The molecule has 7 heteroatoms. The van der Waals surface area contributed by atoms with Crippen molar-refractivity contribution in [2.24, 2.45) is 0 Å². The number of halogens is 1. The van der Waals surface area contributed by atoms with Gasteiger partial charge < -0.3 is 24.4 Å². The number of carbonyl (C=O) groups excluding carboxylic acids is 1. The minimum atomic E-state index is -0.429. The molecule has 0 aliphatic heterocycles. The Morgan fingerprint density at radius 1 is 1.15 bits per heavy atom. The minimum Gasteiger partial charge on any atom is -0.493 e. The average Bonchev–Trinajstić information content (AvgIpc) is 2.67. The van der Waals surface area contributed by atoms with E-state index in [9.17, 15) is 9.18 Å². The zero-order valence-electron chi connectivity index (χ0n) is 16.0. The summed E-state index contributed by atoms with van der Waals surface area (Å²) in [6, 6.07) is 10.7. The zero-order chi connectivity index (χ0) is 19.8. The molecular formula is C20H25FN2O4. The van der Waals surface area contributed by atoms with Crippen LogP contribution in [0.15, 0.2) is 42.5 Å². The van der Waals surface area contributed by atoms with E-state index in [0.717, 1.165) is 0 Å². The first-order valence-corrected chi connectivity index (χ1v) is 8.56.